The van der Waals surface area contributed by atoms with Gasteiger partial charge in [0.2, 0.25) is 0 Å². The van der Waals surface area contributed by atoms with Crippen molar-refractivity contribution in [2.24, 2.45) is 17.6 Å². The van der Waals surface area contributed by atoms with Crippen LogP contribution in [0.4, 0.5) is 0 Å². The maximum Gasteiger partial charge on any atom is 0.119 e. The van der Waals surface area contributed by atoms with Gasteiger partial charge in [-0.1, -0.05) is 0 Å². The second kappa shape index (κ2) is 5.34. The van der Waals surface area contributed by atoms with Crippen molar-refractivity contribution >= 4 is 0 Å². The molecule has 4 heteroatoms. The Morgan fingerprint density at radius 3 is 2.53 bits per heavy atom. The van der Waals surface area contributed by atoms with Gasteiger partial charge in [-0.05, 0) is 44.6 Å². The van der Waals surface area contributed by atoms with Crippen LogP contribution in [-0.2, 0) is 4.74 Å². The summed E-state index contributed by atoms with van der Waals surface area (Å²) in [6, 6.07) is 2.32. The Hall–Kier alpha value is -0.630. The first-order valence-electron chi connectivity index (χ1n) is 6.60. The highest BCUT2D eigenvalue weighted by Crippen LogP contribution is 2.38. The van der Waals surface area contributed by atoms with Gasteiger partial charge in [-0.2, -0.15) is 5.26 Å². The van der Waals surface area contributed by atoms with Crippen molar-refractivity contribution in [2.45, 2.75) is 31.2 Å². The minimum atomic E-state index is -0.625. The quantitative estimate of drug-likeness (QED) is 0.774. The third kappa shape index (κ3) is 3.41. The Morgan fingerprint density at radius 1 is 1.35 bits per heavy atom. The molecule has 1 heterocycles. The molecule has 2 aliphatic rings. The standard InChI is InChI=1S/C13H23N3O/c1-16(8-11-4-6-17-7-5-11)10-13(15,9-14)12-2-3-12/h11-12H,2-8,10,15H2,1H3. The number of rotatable bonds is 5. The van der Waals surface area contributed by atoms with Crippen molar-refractivity contribution in [3.8, 4) is 6.07 Å². The molecule has 2 fully saturated rings. The Kier molecular flexibility index (Phi) is 4.03. The molecule has 1 aliphatic carbocycles. The molecule has 17 heavy (non-hydrogen) atoms. The molecular weight excluding hydrogens is 214 g/mol. The molecule has 0 radical (unpaired) electrons. The Morgan fingerprint density at radius 2 is 2.00 bits per heavy atom. The zero-order chi connectivity index (χ0) is 12.3. The lowest BCUT2D eigenvalue weighted by Crippen LogP contribution is -2.51. The lowest BCUT2D eigenvalue weighted by atomic mass is 9.94. The molecule has 0 aromatic rings. The SMILES string of the molecule is CN(CC1CCOCC1)CC(N)(C#N)C1CC1. The number of ether oxygens (including phenoxy) is 1. The van der Waals surface area contributed by atoms with Gasteiger partial charge in [-0.15, -0.1) is 0 Å². The summed E-state index contributed by atoms with van der Waals surface area (Å²) in [4.78, 5) is 2.23. The van der Waals surface area contributed by atoms with Crippen LogP contribution in [0.1, 0.15) is 25.7 Å². The van der Waals surface area contributed by atoms with Crippen LogP contribution in [0.5, 0.6) is 0 Å². The maximum atomic E-state index is 9.23. The van der Waals surface area contributed by atoms with E-state index in [0.29, 0.717) is 18.4 Å². The summed E-state index contributed by atoms with van der Waals surface area (Å²) in [5.74, 6) is 1.13. The van der Waals surface area contributed by atoms with E-state index in [9.17, 15) is 5.26 Å². The summed E-state index contributed by atoms with van der Waals surface area (Å²) in [6.07, 6.45) is 4.51. The van der Waals surface area contributed by atoms with Crippen molar-refractivity contribution in [3.05, 3.63) is 0 Å². The molecule has 0 spiro atoms. The van der Waals surface area contributed by atoms with Gasteiger partial charge in [-0.3, -0.25) is 0 Å². The summed E-state index contributed by atoms with van der Waals surface area (Å²) in [5.41, 5.74) is 5.56. The van der Waals surface area contributed by atoms with Crippen molar-refractivity contribution < 1.29 is 4.74 Å². The van der Waals surface area contributed by atoms with Gasteiger partial charge < -0.3 is 15.4 Å². The van der Waals surface area contributed by atoms with Gasteiger partial charge >= 0.3 is 0 Å². The smallest absolute Gasteiger partial charge is 0.119 e. The third-order valence-electron chi connectivity index (χ3n) is 3.96. The molecule has 1 saturated heterocycles. The molecule has 2 N–H and O–H groups in total. The van der Waals surface area contributed by atoms with Crippen LogP contribution in [-0.4, -0.2) is 43.8 Å². The summed E-state index contributed by atoms with van der Waals surface area (Å²) < 4.78 is 5.36. The van der Waals surface area contributed by atoms with E-state index in [1.165, 1.54) is 0 Å². The van der Waals surface area contributed by atoms with Crippen LogP contribution in [0, 0.1) is 23.2 Å². The molecule has 1 unspecified atom stereocenters. The topological polar surface area (TPSA) is 62.3 Å². The molecule has 2 rings (SSSR count). The lowest BCUT2D eigenvalue weighted by Gasteiger charge is -2.31. The molecule has 0 aromatic carbocycles. The number of likely N-dealkylation sites (N-methyl/N-ethyl adjacent to an activating group) is 1. The molecular formula is C13H23N3O. The molecule has 4 nitrogen and oxygen atoms in total. The lowest BCUT2D eigenvalue weighted by molar-refractivity contribution is 0.0538. The zero-order valence-electron chi connectivity index (χ0n) is 10.7. The minimum Gasteiger partial charge on any atom is -0.381 e. The fourth-order valence-electron chi connectivity index (χ4n) is 2.74. The van der Waals surface area contributed by atoms with Crippen molar-refractivity contribution in [3.63, 3.8) is 0 Å². The van der Waals surface area contributed by atoms with E-state index in [-0.39, 0.29) is 0 Å². The van der Waals surface area contributed by atoms with E-state index in [4.69, 9.17) is 10.5 Å². The Bertz CT molecular complexity index is 292. The van der Waals surface area contributed by atoms with Crippen molar-refractivity contribution in [1.82, 2.24) is 4.90 Å². The van der Waals surface area contributed by atoms with E-state index in [1.54, 1.807) is 0 Å². The van der Waals surface area contributed by atoms with E-state index in [2.05, 4.69) is 18.0 Å². The molecule has 1 atom stereocenters. The van der Waals surface area contributed by atoms with Gasteiger partial charge in [0.15, 0.2) is 0 Å². The van der Waals surface area contributed by atoms with Crippen LogP contribution < -0.4 is 5.73 Å². The van der Waals surface area contributed by atoms with Gasteiger partial charge in [-0.25, -0.2) is 0 Å². The predicted molar refractivity (Wildman–Crippen MR) is 66.3 cm³/mol. The van der Waals surface area contributed by atoms with Gasteiger partial charge in [0, 0.05) is 26.3 Å². The molecule has 1 saturated carbocycles. The first-order valence-corrected chi connectivity index (χ1v) is 6.60. The summed E-state index contributed by atoms with van der Waals surface area (Å²) in [5, 5.41) is 9.23. The molecule has 1 aliphatic heterocycles. The second-order valence-electron chi connectivity index (χ2n) is 5.68. The average Bonchev–Trinajstić information content (AvgIpc) is 3.14. The van der Waals surface area contributed by atoms with Crippen LogP contribution in [0.25, 0.3) is 0 Å². The van der Waals surface area contributed by atoms with E-state index >= 15 is 0 Å². The van der Waals surface area contributed by atoms with Crippen LogP contribution in [0.15, 0.2) is 0 Å². The predicted octanol–water partition coefficient (Wildman–Crippen LogP) is 0.976. The Labute approximate surface area is 104 Å². The number of hydrogen-bond acceptors (Lipinski definition) is 4. The highest BCUT2D eigenvalue weighted by atomic mass is 16.5. The number of nitrogens with two attached hydrogens (primary N) is 1. The second-order valence-corrected chi connectivity index (χ2v) is 5.68. The summed E-state index contributed by atoms with van der Waals surface area (Å²) in [7, 11) is 2.08. The number of nitrogens with zero attached hydrogens (tertiary/aromatic N) is 2. The van der Waals surface area contributed by atoms with Crippen LogP contribution in [0.2, 0.25) is 0 Å². The first-order chi connectivity index (χ1) is 8.14. The zero-order valence-corrected chi connectivity index (χ0v) is 10.7. The molecule has 0 aromatic heterocycles. The molecule has 96 valence electrons. The van der Waals surface area contributed by atoms with Crippen molar-refractivity contribution in [1.29, 1.82) is 5.26 Å². The number of hydrogen-bond donors (Lipinski definition) is 1. The average molecular weight is 237 g/mol. The summed E-state index contributed by atoms with van der Waals surface area (Å²) in [6.45, 7) is 3.50. The number of nitriles is 1. The van der Waals surface area contributed by atoms with E-state index in [0.717, 1.165) is 45.4 Å². The Balaban J connectivity index is 1.79. The summed E-state index contributed by atoms with van der Waals surface area (Å²) >= 11 is 0. The first kappa shape index (κ1) is 12.8. The fourth-order valence-corrected chi connectivity index (χ4v) is 2.74. The van der Waals surface area contributed by atoms with Crippen LogP contribution >= 0.6 is 0 Å². The minimum absolute atomic E-state index is 0.421. The highest BCUT2D eigenvalue weighted by Gasteiger charge is 2.43. The van der Waals surface area contributed by atoms with Gasteiger partial charge in [0.05, 0.1) is 6.07 Å². The monoisotopic (exact) mass is 237 g/mol. The molecule has 0 bridgehead atoms. The largest absolute Gasteiger partial charge is 0.381 e. The maximum absolute atomic E-state index is 9.23. The highest BCUT2D eigenvalue weighted by molar-refractivity contribution is 5.14. The van der Waals surface area contributed by atoms with E-state index in [1.807, 2.05) is 0 Å². The van der Waals surface area contributed by atoms with Crippen LogP contribution in [0.3, 0.4) is 0 Å². The molecule has 0 amide bonds. The van der Waals surface area contributed by atoms with Crippen molar-refractivity contribution in [2.75, 3.05) is 33.4 Å². The normalized spacial score (nSPS) is 25.5. The van der Waals surface area contributed by atoms with Gasteiger partial charge in [0.1, 0.15) is 5.54 Å². The van der Waals surface area contributed by atoms with E-state index < -0.39 is 5.54 Å². The van der Waals surface area contributed by atoms with Gasteiger partial charge in [0.25, 0.3) is 0 Å². The third-order valence-corrected chi connectivity index (χ3v) is 3.96. The fraction of sp³-hybridized carbons (Fsp3) is 0.923.